The fourth-order valence-corrected chi connectivity index (χ4v) is 7.88. The first-order valence-electron chi connectivity index (χ1n) is 12.0. The van der Waals surface area contributed by atoms with Gasteiger partial charge in [0.1, 0.15) is 13.2 Å². The van der Waals surface area contributed by atoms with Crippen LogP contribution < -0.4 is 9.47 Å². The van der Waals surface area contributed by atoms with Gasteiger partial charge in [0, 0.05) is 17.6 Å². The zero-order valence-corrected chi connectivity index (χ0v) is 24.6. The molecule has 0 saturated heterocycles. The smallest absolute Gasteiger partial charge is 0.335 e. The van der Waals surface area contributed by atoms with E-state index in [9.17, 15) is 9.59 Å². The molecule has 5 nitrogen and oxygen atoms in total. The number of esters is 2. The van der Waals surface area contributed by atoms with Crippen molar-refractivity contribution in [1.82, 2.24) is 0 Å². The van der Waals surface area contributed by atoms with Crippen LogP contribution in [0.3, 0.4) is 0 Å². The van der Waals surface area contributed by atoms with Gasteiger partial charge in [0.15, 0.2) is 11.5 Å². The van der Waals surface area contributed by atoms with Gasteiger partial charge in [-0.3, -0.25) is 0 Å². The van der Waals surface area contributed by atoms with E-state index in [1.54, 1.807) is 0 Å². The van der Waals surface area contributed by atoms with E-state index in [4.69, 9.17) is 60.6 Å². The van der Waals surface area contributed by atoms with E-state index in [0.29, 0.717) is 27.2 Å². The van der Waals surface area contributed by atoms with E-state index in [0.717, 1.165) is 40.8 Å². The van der Waals surface area contributed by atoms with Gasteiger partial charge in [-0.2, -0.15) is 0 Å². The molecule has 0 aliphatic heterocycles. The number of hydrogen-bond donors (Lipinski definition) is 0. The summed E-state index contributed by atoms with van der Waals surface area (Å²) >= 11 is 27.3. The molecule has 0 amide bonds. The summed E-state index contributed by atoms with van der Waals surface area (Å²) in [7, 11) is 0. The van der Waals surface area contributed by atoms with Gasteiger partial charge in [0.05, 0.1) is 20.1 Å². The number of carbonyl (C=O) groups is 2. The van der Waals surface area contributed by atoms with Gasteiger partial charge in [-0.1, -0.05) is 87.3 Å². The second-order valence-electron chi connectivity index (χ2n) is 10.9. The van der Waals surface area contributed by atoms with Gasteiger partial charge < -0.3 is 14.2 Å². The maximum Gasteiger partial charge on any atom is 0.335 e. The molecule has 1 spiro atoms. The minimum absolute atomic E-state index is 0.0270. The van der Waals surface area contributed by atoms with Crippen LogP contribution in [-0.2, 0) is 30.6 Å². The zero-order valence-electron chi connectivity index (χ0n) is 21.6. The van der Waals surface area contributed by atoms with Crippen LogP contribution in [0.15, 0.2) is 37.4 Å². The molecule has 9 heteroatoms. The lowest BCUT2D eigenvalue weighted by Crippen LogP contribution is -2.27. The highest BCUT2D eigenvalue weighted by atomic mass is 35.5. The third-order valence-electron chi connectivity index (χ3n) is 7.33. The van der Waals surface area contributed by atoms with Crippen LogP contribution in [0.25, 0.3) is 0 Å². The first-order chi connectivity index (χ1) is 17.7. The molecule has 0 bridgehead atoms. The van der Waals surface area contributed by atoms with Gasteiger partial charge in [-0.15, -0.1) is 0 Å². The number of rotatable bonds is 7. The molecule has 0 N–H and O–H groups in total. The number of ether oxygens (including phenoxy) is 3. The Morgan fingerprint density at radius 2 is 1.29 bits per heavy atom. The lowest BCUT2D eigenvalue weighted by Gasteiger charge is -2.30. The maximum atomic E-state index is 12.0. The van der Waals surface area contributed by atoms with Gasteiger partial charge >= 0.3 is 11.9 Å². The van der Waals surface area contributed by atoms with Crippen LogP contribution in [0.2, 0.25) is 20.1 Å². The monoisotopic (exact) mass is 596 g/mol. The van der Waals surface area contributed by atoms with Crippen molar-refractivity contribution < 1.29 is 23.8 Å². The molecule has 1 unspecified atom stereocenters. The summed E-state index contributed by atoms with van der Waals surface area (Å²) in [4.78, 5) is 23.3. The van der Waals surface area contributed by atoms with Crippen LogP contribution in [0.4, 0.5) is 0 Å². The standard InChI is InChI=1S/C29H28Cl4O5/c1-7-19(34)36-9-10-37-25-17(30)11-15-21(23(25)32)27(3,4)13-29(15)14-28(5,6)22-16(29)12-18(31)26(24(22)33)38-20(35)8-2/h7-8,11-12H,1-2,9-10,13-14H2,3-6H3. The van der Waals surface area contributed by atoms with Crippen molar-refractivity contribution in [1.29, 1.82) is 0 Å². The molecule has 0 heterocycles. The molecule has 0 saturated carbocycles. The molecule has 0 radical (unpaired) electrons. The zero-order chi connectivity index (χ0) is 28.2. The molecule has 1 atom stereocenters. The van der Waals surface area contributed by atoms with Crippen LogP contribution in [0.5, 0.6) is 11.5 Å². The Hall–Kier alpha value is -2.18. The highest BCUT2D eigenvalue weighted by Crippen LogP contribution is 2.67. The summed E-state index contributed by atoms with van der Waals surface area (Å²) in [6, 6.07) is 3.75. The Bertz CT molecular complexity index is 1380. The van der Waals surface area contributed by atoms with Crippen molar-refractivity contribution in [3.8, 4) is 11.5 Å². The molecule has 0 aromatic heterocycles. The molecule has 2 aliphatic rings. The summed E-state index contributed by atoms with van der Waals surface area (Å²) in [5, 5.41) is 1.31. The third-order valence-corrected chi connectivity index (χ3v) is 8.62. The number of hydrogen-bond acceptors (Lipinski definition) is 5. The topological polar surface area (TPSA) is 61.8 Å². The second kappa shape index (κ2) is 10.1. The van der Waals surface area contributed by atoms with Crippen molar-refractivity contribution in [3.05, 3.63) is 79.8 Å². The van der Waals surface area contributed by atoms with Gasteiger partial charge in [-0.25, -0.2) is 9.59 Å². The van der Waals surface area contributed by atoms with Crippen molar-refractivity contribution in [2.45, 2.75) is 56.8 Å². The normalized spacial score (nSPS) is 20.0. The minimum Gasteiger partial charge on any atom is -0.487 e. The minimum atomic E-state index is -0.642. The van der Waals surface area contributed by atoms with Crippen LogP contribution >= 0.6 is 46.4 Å². The Labute approximate surface area is 242 Å². The van der Waals surface area contributed by atoms with Crippen LogP contribution in [0, 0.1) is 0 Å². The lowest BCUT2D eigenvalue weighted by atomic mass is 9.72. The largest absolute Gasteiger partial charge is 0.487 e. The third kappa shape index (κ3) is 4.62. The summed E-state index contributed by atoms with van der Waals surface area (Å²) < 4.78 is 16.3. The quantitative estimate of drug-likeness (QED) is 0.139. The molecule has 2 aliphatic carbocycles. The maximum absolute atomic E-state index is 12.0. The van der Waals surface area contributed by atoms with Gasteiger partial charge in [-0.05, 0) is 58.1 Å². The van der Waals surface area contributed by atoms with Crippen molar-refractivity contribution >= 4 is 58.3 Å². The Morgan fingerprint density at radius 3 is 1.79 bits per heavy atom. The summed E-state index contributed by atoms with van der Waals surface area (Å²) in [6.07, 6.45) is 3.59. The molecular weight excluding hydrogens is 570 g/mol. The summed E-state index contributed by atoms with van der Waals surface area (Å²) in [6.45, 7) is 15.4. The lowest BCUT2D eigenvalue weighted by molar-refractivity contribution is -0.138. The first kappa shape index (κ1) is 28.8. The average molecular weight is 598 g/mol. The number of carbonyl (C=O) groups excluding carboxylic acids is 2. The molecule has 202 valence electrons. The van der Waals surface area contributed by atoms with E-state index < -0.39 is 17.4 Å². The average Bonchev–Trinajstić information content (AvgIpc) is 3.19. The molecule has 4 rings (SSSR count). The molecular formula is C29H28Cl4O5. The fraction of sp³-hybridized carbons (Fsp3) is 0.379. The van der Waals surface area contributed by atoms with Crippen molar-refractivity contribution in [3.63, 3.8) is 0 Å². The Balaban J connectivity index is 1.85. The Morgan fingerprint density at radius 1 is 0.816 bits per heavy atom. The molecule has 38 heavy (non-hydrogen) atoms. The van der Waals surface area contributed by atoms with Crippen LogP contribution in [0.1, 0.15) is 62.8 Å². The van der Waals surface area contributed by atoms with Gasteiger partial charge in [0.25, 0.3) is 0 Å². The van der Waals surface area contributed by atoms with E-state index in [1.807, 2.05) is 12.1 Å². The molecule has 2 aromatic carbocycles. The van der Waals surface area contributed by atoms with E-state index >= 15 is 0 Å². The van der Waals surface area contributed by atoms with Gasteiger partial charge in [0.2, 0.25) is 0 Å². The fourth-order valence-electron chi connectivity index (χ4n) is 6.27. The molecule has 2 aromatic rings. The first-order valence-corrected chi connectivity index (χ1v) is 13.5. The SMILES string of the molecule is C=CC(=O)OCCOc1c(Cl)cc2c(c1Cl)C(C)(C)CC21CC(C)(C)c2c1cc(Cl)c(OC(=O)C=C)c2Cl. The van der Waals surface area contributed by atoms with Crippen LogP contribution in [-0.4, -0.2) is 25.2 Å². The predicted molar refractivity (Wildman–Crippen MR) is 151 cm³/mol. The number of halogens is 4. The summed E-state index contributed by atoms with van der Waals surface area (Å²) in [5.74, 6) is -0.717. The second-order valence-corrected chi connectivity index (χ2v) is 12.5. The highest BCUT2D eigenvalue weighted by molar-refractivity contribution is 6.39. The van der Waals surface area contributed by atoms with E-state index in [-0.39, 0.29) is 34.8 Å². The Kier molecular flexibility index (Phi) is 7.65. The van der Waals surface area contributed by atoms with E-state index in [1.165, 1.54) is 0 Å². The number of benzene rings is 2. The van der Waals surface area contributed by atoms with Crippen molar-refractivity contribution in [2.24, 2.45) is 0 Å². The molecule has 0 fully saturated rings. The summed E-state index contributed by atoms with van der Waals surface area (Å²) in [5.41, 5.74) is 2.52. The number of fused-ring (bicyclic) bond motifs is 4. The van der Waals surface area contributed by atoms with Crippen molar-refractivity contribution in [2.75, 3.05) is 13.2 Å². The predicted octanol–water partition coefficient (Wildman–Crippen LogP) is 8.15. The highest BCUT2D eigenvalue weighted by Gasteiger charge is 2.58. The van der Waals surface area contributed by atoms with E-state index in [2.05, 4.69) is 40.9 Å².